The van der Waals surface area contributed by atoms with Crippen LogP contribution < -0.4 is 0 Å². The predicted molar refractivity (Wildman–Crippen MR) is 65.8 cm³/mol. The van der Waals surface area contributed by atoms with Crippen LogP contribution >= 0.6 is 12.6 Å². The third-order valence-corrected chi connectivity index (χ3v) is 3.03. The summed E-state index contributed by atoms with van der Waals surface area (Å²) < 4.78 is 0. The van der Waals surface area contributed by atoms with Gasteiger partial charge in [-0.15, -0.1) is 12.6 Å². The predicted octanol–water partition coefficient (Wildman–Crippen LogP) is 4.22. The van der Waals surface area contributed by atoms with Gasteiger partial charge in [0, 0.05) is 5.92 Å². The van der Waals surface area contributed by atoms with Crippen LogP contribution in [0.4, 0.5) is 0 Å². The second kappa shape index (κ2) is 9.57. The summed E-state index contributed by atoms with van der Waals surface area (Å²) in [4.78, 5) is 11.2. The lowest BCUT2D eigenvalue weighted by atomic mass is 9.96. The molecule has 1 nitrogen and oxygen atoms in total. The molecule has 0 atom stereocenters. The normalized spacial score (nSPS) is 10.9. The number of thiol groups is 1. The summed E-state index contributed by atoms with van der Waals surface area (Å²) in [6, 6.07) is 0. The smallest absolute Gasteiger partial charge is 0.188 e. The van der Waals surface area contributed by atoms with Crippen molar-refractivity contribution >= 4 is 17.7 Å². The summed E-state index contributed by atoms with van der Waals surface area (Å²) >= 11 is 3.96. The Bertz CT molecular complexity index is 135. The van der Waals surface area contributed by atoms with E-state index < -0.39 is 0 Å². The van der Waals surface area contributed by atoms with Crippen LogP contribution in [0, 0.1) is 5.92 Å². The van der Waals surface area contributed by atoms with E-state index in [2.05, 4.69) is 26.5 Å². The first-order valence-electron chi connectivity index (χ1n) is 5.95. The van der Waals surface area contributed by atoms with Crippen molar-refractivity contribution in [3.8, 4) is 0 Å². The van der Waals surface area contributed by atoms with Crippen LogP contribution in [0.25, 0.3) is 0 Å². The summed E-state index contributed by atoms with van der Waals surface area (Å²) in [5, 5.41) is 0.0946. The molecule has 84 valence electrons. The Morgan fingerprint density at radius 2 is 1.43 bits per heavy atom. The highest BCUT2D eigenvalue weighted by Gasteiger charge is 2.13. The zero-order valence-corrected chi connectivity index (χ0v) is 10.5. The molecule has 0 saturated carbocycles. The zero-order chi connectivity index (χ0) is 10.8. The average molecular weight is 216 g/mol. The Morgan fingerprint density at radius 3 is 1.71 bits per heavy atom. The minimum Gasteiger partial charge on any atom is -0.287 e. The maximum absolute atomic E-state index is 11.2. The van der Waals surface area contributed by atoms with Gasteiger partial charge in [0.15, 0.2) is 5.12 Å². The molecule has 0 spiro atoms. The first-order valence-corrected chi connectivity index (χ1v) is 6.39. The van der Waals surface area contributed by atoms with Crippen molar-refractivity contribution in [3.05, 3.63) is 0 Å². The maximum Gasteiger partial charge on any atom is 0.188 e. The van der Waals surface area contributed by atoms with Gasteiger partial charge in [-0.3, -0.25) is 4.79 Å². The topological polar surface area (TPSA) is 17.1 Å². The first-order chi connectivity index (χ1) is 6.72. The van der Waals surface area contributed by atoms with Crippen molar-refractivity contribution in [1.29, 1.82) is 0 Å². The first kappa shape index (κ1) is 14.0. The molecule has 0 amide bonds. The molecule has 0 aliphatic carbocycles. The largest absolute Gasteiger partial charge is 0.287 e. The molecule has 0 radical (unpaired) electrons. The van der Waals surface area contributed by atoms with Crippen LogP contribution in [-0.2, 0) is 4.79 Å². The lowest BCUT2D eigenvalue weighted by Crippen LogP contribution is -2.08. The Hall–Kier alpha value is 0.0200. The third-order valence-electron chi connectivity index (χ3n) is 2.66. The van der Waals surface area contributed by atoms with Gasteiger partial charge in [0.1, 0.15) is 0 Å². The van der Waals surface area contributed by atoms with E-state index >= 15 is 0 Å². The highest BCUT2D eigenvalue weighted by molar-refractivity contribution is 7.96. The monoisotopic (exact) mass is 216 g/mol. The van der Waals surface area contributed by atoms with Gasteiger partial charge in [-0.25, -0.2) is 0 Å². The molecule has 0 aromatic heterocycles. The molecular weight excluding hydrogens is 192 g/mol. The number of hydrogen-bond donors (Lipinski definition) is 1. The quantitative estimate of drug-likeness (QED) is 0.451. The molecule has 0 aliphatic heterocycles. The summed E-state index contributed by atoms with van der Waals surface area (Å²) in [6.45, 7) is 4.38. The van der Waals surface area contributed by atoms with E-state index in [1.165, 1.54) is 38.5 Å². The van der Waals surface area contributed by atoms with E-state index in [1.807, 2.05) is 0 Å². The second-order valence-corrected chi connectivity index (χ2v) is 4.47. The summed E-state index contributed by atoms with van der Waals surface area (Å²) in [7, 11) is 0. The lowest BCUT2D eigenvalue weighted by molar-refractivity contribution is -0.114. The number of rotatable bonds is 9. The molecule has 0 fully saturated rings. The van der Waals surface area contributed by atoms with Crippen LogP contribution in [0.5, 0.6) is 0 Å². The molecule has 14 heavy (non-hydrogen) atoms. The van der Waals surface area contributed by atoms with Crippen molar-refractivity contribution in [2.45, 2.75) is 65.2 Å². The van der Waals surface area contributed by atoms with Crippen molar-refractivity contribution in [2.75, 3.05) is 0 Å². The molecular formula is C12H24OS. The minimum atomic E-state index is 0.0946. The van der Waals surface area contributed by atoms with Crippen molar-refractivity contribution < 1.29 is 4.79 Å². The highest BCUT2D eigenvalue weighted by Crippen LogP contribution is 2.19. The van der Waals surface area contributed by atoms with Gasteiger partial charge in [0.25, 0.3) is 0 Å². The van der Waals surface area contributed by atoms with Gasteiger partial charge in [-0.2, -0.15) is 0 Å². The van der Waals surface area contributed by atoms with Gasteiger partial charge in [0.2, 0.25) is 0 Å². The Labute approximate surface area is 94.1 Å². The van der Waals surface area contributed by atoms with Crippen molar-refractivity contribution in [2.24, 2.45) is 5.92 Å². The number of unbranched alkanes of at least 4 members (excludes halogenated alkanes) is 4. The van der Waals surface area contributed by atoms with Crippen LogP contribution in [0.3, 0.4) is 0 Å². The molecule has 0 heterocycles. The van der Waals surface area contributed by atoms with Crippen LogP contribution in [-0.4, -0.2) is 5.12 Å². The van der Waals surface area contributed by atoms with Crippen LogP contribution in [0.1, 0.15) is 65.2 Å². The zero-order valence-electron chi connectivity index (χ0n) is 9.59. The molecule has 0 aromatic rings. The van der Waals surface area contributed by atoms with Gasteiger partial charge < -0.3 is 0 Å². The molecule has 2 heteroatoms. The molecule has 0 aliphatic rings. The summed E-state index contributed by atoms with van der Waals surface area (Å²) in [5.74, 6) is 0.219. The van der Waals surface area contributed by atoms with Gasteiger partial charge in [-0.1, -0.05) is 52.4 Å². The molecule has 0 aromatic carbocycles. The van der Waals surface area contributed by atoms with E-state index in [4.69, 9.17) is 0 Å². The second-order valence-electron chi connectivity index (χ2n) is 4.03. The van der Waals surface area contributed by atoms with Crippen LogP contribution in [0.2, 0.25) is 0 Å². The average Bonchev–Trinajstić information content (AvgIpc) is 2.15. The lowest BCUT2D eigenvalue weighted by Gasteiger charge is -2.12. The number of carbonyl (C=O) groups excluding carboxylic acids is 1. The number of hydrogen-bond acceptors (Lipinski definition) is 1. The van der Waals surface area contributed by atoms with E-state index in [0.717, 1.165) is 12.8 Å². The van der Waals surface area contributed by atoms with Gasteiger partial charge in [0.05, 0.1) is 0 Å². The highest BCUT2D eigenvalue weighted by atomic mass is 32.1. The Balaban J connectivity index is 3.61. The fourth-order valence-electron chi connectivity index (χ4n) is 1.67. The number of carbonyl (C=O) groups is 1. The summed E-state index contributed by atoms with van der Waals surface area (Å²) in [5.41, 5.74) is 0. The molecule has 0 unspecified atom stereocenters. The van der Waals surface area contributed by atoms with Crippen molar-refractivity contribution in [3.63, 3.8) is 0 Å². The minimum absolute atomic E-state index is 0.0946. The Kier molecular flexibility index (Phi) is 9.58. The maximum atomic E-state index is 11.2. The SMILES string of the molecule is CCCCCC(CCCCC)C(=O)S. The molecule has 0 bridgehead atoms. The fraction of sp³-hybridized carbons (Fsp3) is 0.917. The Morgan fingerprint density at radius 1 is 1.00 bits per heavy atom. The standard InChI is InChI=1S/C12H24OS/c1-3-5-7-9-11(12(13)14)10-8-6-4-2/h11H,3-10H2,1-2H3,(H,13,14). The van der Waals surface area contributed by atoms with Crippen LogP contribution in [0.15, 0.2) is 0 Å². The molecule has 0 rings (SSSR count). The third kappa shape index (κ3) is 7.43. The van der Waals surface area contributed by atoms with Gasteiger partial charge in [-0.05, 0) is 12.8 Å². The van der Waals surface area contributed by atoms with Crippen molar-refractivity contribution in [1.82, 2.24) is 0 Å². The van der Waals surface area contributed by atoms with Gasteiger partial charge >= 0.3 is 0 Å². The van der Waals surface area contributed by atoms with E-state index in [0.29, 0.717) is 0 Å². The molecule has 0 N–H and O–H groups in total. The van der Waals surface area contributed by atoms with E-state index in [1.54, 1.807) is 0 Å². The fourth-order valence-corrected chi connectivity index (χ4v) is 1.93. The summed E-state index contributed by atoms with van der Waals surface area (Å²) in [6.07, 6.45) is 9.38. The molecule has 0 saturated heterocycles. The van der Waals surface area contributed by atoms with E-state index in [9.17, 15) is 4.79 Å². The van der Waals surface area contributed by atoms with E-state index in [-0.39, 0.29) is 11.0 Å².